The molecule has 0 saturated carbocycles. The highest BCUT2D eigenvalue weighted by Crippen LogP contribution is 2.32. The van der Waals surface area contributed by atoms with Gasteiger partial charge in [-0.1, -0.05) is 20.8 Å². The summed E-state index contributed by atoms with van der Waals surface area (Å²) < 4.78 is 22.3. The number of nitrogens with two attached hydrogens (primary N) is 1. The number of hydrogen-bond donors (Lipinski definition) is 2. The van der Waals surface area contributed by atoms with Crippen molar-refractivity contribution in [1.29, 1.82) is 0 Å². The normalized spacial score (nSPS) is 16.8. The Balaban J connectivity index is 5.26. The van der Waals surface area contributed by atoms with Gasteiger partial charge in [0.15, 0.2) is 9.84 Å². The molecule has 0 aromatic carbocycles. The molecule has 14 heavy (non-hydrogen) atoms. The van der Waals surface area contributed by atoms with E-state index in [4.69, 9.17) is 5.84 Å². The molecule has 0 aliphatic heterocycles. The van der Waals surface area contributed by atoms with Gasteiger partial charge in [-0.05, 0) is 19.3 Å². The van der Waals surface area contributed by atoms with Crippen molar-refractivity contribution in [3.8, 4) is 0 Å². The average molecular weight is 222 g/mol. The third-order valence-corrected chi connectivity index (χ3v) is 4.83. The highest BCUT2D eigenvalue weighted by Gasteiger charge is 2.44. The van der Waals surface area contributed by atoms with Gasteiger partial charge >= 0.3 is 0 Å². The first-order valence-electron chi connectivity index (χ1n) is 4.60. The first-order chi connectivity index (χ1) is 5.94. The van der Waals surface area contributed by atoms with Crippen molar-refractivity contribution in [2.24, 2.45) is 11.3 Å². The van der Waals surface area contributed by atoms with Crippen LogP contribution in [0.4, 0.5) is 0 Å². The largest absolute Gasteiger partial charge is 0.271 e. The molecule has 4 nitrogen and oxygen atoms in total. The molecule has 1 atom stereocenters. The highest BCUT2D eigenvalue weighted by atomic mass is 32.2. The number of sulfone groups is 1. The van der Waals surface area contributed by atoms with E-state index in [1.165, 1.54) is 6.26 Å². The number of hydrogen-bond acceptors (Lipinski definition) is 4. The minimum absolute atomic E-state index is 0.207. The quantitative estimate of drug-likeness (QED) is 0.544. The smallest absolute Gasteiger partial charge is 0.154 e. The SMILES string of the molecule is CC(C)(C)C(NN)C(C)(C)S(C)(=O)=O. The molecule has 0 saturated heterocycles. The zero-order valence-corrected chi connectivity index (χ0v) is 10.7. The minimum atomic E-state index is -3.14. The van der Waals surface area contributed by atoms with Gasteiger partial charge in [-0.2, -0.15) is 0 Å². The zero-order chi connectivity index (χ0) is 11.8. The third kappa shape index (κ3) is 2.68. The van der Waals surface area contributed by atoms with Crippen LogP contribution < -0.4 is 11.3 Å². The fourth-order valence-corrected chi connectivity index (χ4v) is 2.56. The van der Waals surface area contributed by atoms with E-state index in [1.54, 1.807) is 13.8 Å². The van der Waals surface area contributed by atoms with Crippen LogP contribution in [0.3, 0.4) is 0 Å². The molecular formula is C9H22N2O2S. The predicted molar refractivity (Wildman–Crippen MR) is 59.5 cm³/mol. The van der Waals surface area contributed by atoms with Crippen LogP contribution in [0, 0.1) is 5.41 Å². The van der Waals surface area contributed by atoms with Crippen molar-refractivity contribution in [2.75, 3.05) is 6.26 Å². The molecule has 0 rings (SSSR count). The zero-order valence-electron chi connectivity index (χ0n) is 9.88. The van der Waals surface area contributed by atoms with E-state index in [2.05, 4.69) is 5.43 Å². The number of rotatable bonds is 3. The molecule has 0 amide bonds. The highest BCUT2D eigenvalue weighted by molar-refractivity contribution is 7.92. The van der Waals surface area contributed by atoms with E-state index in [1.807, 2.05) is 20.8 Å². The van der Waals surface area contributed by atoms with Crippen LogP contribution in [0.15, 0.2) is 0 Å². The second-order valence-electron chi connectivity index (χ2n) is 5.34. The number of nitrogens with one attached hydrogen (secondary N) is 1. The lowest BCUT2D eigenvalue weighted by Gasteiger charge is -2.40. The Morgan fingerprint density at radius 3 is 1.57 bits per heavy atom. The summed E-state index contributed by atoms with van der Waals surface area (Å²) in [6.07, 6.45) is 1.24. The van der Waals surface area contributed by atoms with Crippen LogP contribution >= 0.6 is 0 Å². The van der Waals surface area contributed by atoms with Crippen molar-refractivity contribution in [3.05, 3.63) is 0 Å². The molecule has 0 fully saturated rings. The van der Waals surface area contributed by atoms with Crippen LogP contribution in [0.1, 0.15) is 34.6 Å². The maximum absolute atomic E-state index is 11.6. The van der Waals surface area contributed by atoms with E-state index < -0.39 is 14.6 Å². The van der Waals surface area contributed by atoms with Crippen LogP contribution in [0.25, 0.3) is 0 Å². The Kier molecular flexibility index (Phi) is 3.76. The van der Waals surface area contributed by atoms with E-state index in [0.717, 1.165) is 0 Å². The summed E-state index contributed by atoms with van der Waals surface area (Å²) in [5, 5.41) is 0. The van der Waals surface area contributed by atoms with Gasteiger partial charge in [-0.25, -0.2) is 8.42 Å². The lowest BCUT2D eigenvalue weighted by atomic mass is 9.80. The van der Waals surface area contributed by atoms with Crippen molar-refractivity contribution in [1.82, 2.24) is 5.43 Å². The summed E-state index contributed by atoms with van der Waals surface area (Å²) in [5.74, 6) is 5.43. The molecule has 0 aromatic rings. The molecule has 0 aliphatic carbocycles. The molecule has 0 bridgehead atoms. The first-order valence-corrected chi connectivity index (χ1v) is 6.49. The Bertz CT molecular complexity index is 288. The fourth-order valence-electron chi connectivity index (χ4n) is 1.71. The standard InChI is InChI=1S/C9H22N2O2S/c1-8(2,3)7(11-10)9(4,5)14(6,12)13/h7,11H,10H2,1-6H3. The summed E-state index contributed by atoms with van der Waals surface area (Å²) in [4.78, 5) is 0. The summed E-state index contributed by atoms with van der Waals surface area (Å²) in [5.41, 5.74) is 2.40. The van der Waals surface area contributed by atoms with Gasteiger partial charge in [0.25, 0.3) is 0 Å². The van der Waals surface area contributed by atoms with E-state index in [9.17, 15) is 8.42 Å². The van der Waals surface area contributed by atoms with Crippen molar-refractivity contribution in [2.45, 2.75) is 45.4 Å². The molecule has 0 spiro atoms. The molecular weight excluding hydrogens is 200 g/mol. The molecule has 1 unspecified atom stereocenters. The second kappa shape index (κ2) is 3.79. The summed E-state index contributed by atoms with van der Waals surface area (Å²) in [6.45, 7) is 9.27. The van der Waals surface area contributed by atoms with Gasteiger partial charge in [0.05, 0.1) is 4.75 Å². The maximum Gasteiger partial charge on any atom is 0.154 e. The third-order valence-electron chi connectivity index (χ3n) is 2.68. The Hall–Kier alpha value is -0.130. The van der Waals surface area contributed by atoms with Crippen LogP contribution in [-0.4, -0.2) is 25.5 Å². The maximum atomic E-state index is 11.6. The predicted octanol–water partition coefficient (Wildman–Crippen LogP) is 0.688. The Morgan fingerprint density at radius 1 is 1.14 bits per heavy atom. The van der Waals surface area contributed by atoms with Gasteiger partial charge in [0.2, 0.25) is 0 Å². The average Bonchev–Trinajstić information content (AvgIpc) is 1.80. The van der Waals surface area contributed by atoms with Gasteiger partial charge < -0.3 is 0 Å². The Morgan fingerprint density at radius 2 is 1.50 bits per heavy atom. The molecule has 86 valence electrons. The minimum Gasteiger partial charge on any atom is -0.271 e. The van der Waals surface area contributed by atoms with Crippen molar-refractivity contribution < 1.29 is 8.42 Å². The second-order valence-corrected chi connectivity index (χ2v) is 7.94. The van der Waals surface area contributed by atoms with Crippen LogP contribution in [0.5, 0.6) is 0 Å². The first kappa shape index (κ1) is 13.9. The molecule has 0 aromatic heterocycles. The van der Waals surface area contributed by atoms with Gasteiger partial charge in [-0.3, -0.25) is 11.3 Å². The van der Waals surface area contributed by atoms with Crippen molar-refractivity contribution in [3.63, 3.8) is 0 Å². The topological polar surface area (TPSA) is 72.2 Å². The summed E-state index contributed by atoms with van der Waals surface area (Å²) >= 11 is 0. The van der Waals surface area contributed by atoms with E-state index in [-0.39, 0.29) is 11.5 Å². The molecule has 0 radical (unpaired) electrons. The van der Waals surface area contributed by atoms with E-state index >= 15 is 0 Å². The monoisotopic (exact) mass is 222 g/mol. The summed E-state index contributed by atoms with van der Waals surface area (Å²) in [6, 6.07) is -0.287. The van der Waals surface area contributed by atoms with Gasteiger partial charge in [0.1, 0.15) is 0 Å². The van der Waals surface area contributed by atoms with Crippen molar-refractivity contribution >= 4 is 9.84 Å². The Labute approximate surface area is 87.1 Å². The van der Waals surface area contributed by atoms with Crippen LogP contribution in [-0.2, 0) is 9.84 Å². The molecule has 3 N–H and O–H groups in total. The number of hydrazine groups is 1. The van der Waals surface area contributed by atoms with Gasteiger partial charge in [-0.15, -0.1) is 0 Å². The van der Waals surface area contributed by atoms with Crippen LogP contribution in [0.2, 0.25) is 0 Å². The lowest BCUT2D eigenvalue weighted by molar-refractivity contribution is 0.225. The van der Waals surface area contributed by atoms with E-state index in [0.29, 0.717) is 0 Å². The summed E-state index contributed by atoms with van der Waals surface area (Å²) in [7, 11) is -3.14. The lowest BCUT2D eigenvalue weighted by Crippen LogP contribution is -2.59. The molecule has 0 heterocycles. The van der Waals surface area contributed by atoms with Gasteiger partial charge in [0, 0.05) is 12.3 Å². The molecule has 0 aliphatic rings. The molecule has 5 heteroatoms. The fraction of sp³-hybridized carbons (Fsp3) is 1.00.